The minimum atomic E-state index is 0.152. The van der Waals surface area contributed by atoms with Crippen LogP contribution in [0.1, 0.15) is 13.3 Å². The molecule has 0 aliphatic rings. The Labute approximate surface area is 99.7 Å². The summed E-state index contributed by atoms with van der Waals surface area (Å²) >= 11 is 0. The molecule has 2 aromatic rings. The molecule has 0 amide bonds. The van der Waals surface area contributed by atoms with Crippen molar-refractivity contribution in [3.63, 3.8) is 0 Å². The van der Waals surface area contributed by atoms with Crippen LogP contribution in [0.3, 0.4) is 0 Å². The first-order valence-corrected chi connectivity index (χ1v) is 5.58. The maximum absolute atomic E-state index is 8.88. The number of fused-ring (bicyclic) bond motifs is 1. The number of hydrogen-bond donors (Lipinski definition) is 3. The van der Waals surface area contributed by atoms with E-state index in [0.29, 0.717) is 12.1 Å². The summed E-state index contributed by atoms with van der Waals surface area (Å²) in [5.74, 6) is 0.753. The van der Waals surface area contributed by atoms with E-state index in [9.17, 15) is 0 Å². The molecule has 0 aliphatic heterocycles. The summed E-state index contributed by atoms with van der Waals surface area (Å²) in [4.78, 5) is 8.39. The largest absolute Gasteiger partial charge is 0.399 e. The predicted octanol–water partition coefficient (Wildman–Crippen LogP) is 1.39. The van der Waals surface area contributed by atoms with E-state index in [1.165, 1.54) is 6.33 Å². The molecule has 17 heavy (non-hydrogen) atoms. The third-order valence-electron chi connectivity index (χ3n) is 2.60. The van der Waals surface area contributed by atoms with E-state index in [4.69, 9.17) is 10.8 Å². The van der Waals surface area contributed by atoms with E-state index in [0.717, 1.165) is 16.7 Å². The van der Waals surface area contributed by atoms with Gasteiger partial charge in [-0.2, -0.15) is 0 Å². The standard InChI is InChI=1S/C12H16N4O/c1-8(4-5-17)16-12-10-6-9(13)2-3-11(10)14-7-15-12/h2-3,6-8,17H,4-5,13H2,1H3,(H,14,15,16). The molecule has 4 N–H and O–H groups in total. The van der Waals surface area contributed by atoms with Crippen LogP contribution in [-0.4, -0.2) is 27.7 Å². The number of aliphatic hydroxyl groups is 1. The molecule has 0 radical (unpaired) electrons. The van der Waals surface area contributed by atoms with Gasteiger partial charge in [0, 0.05) is 23.7 Å². The van der Waals surface area contributed by atoms with E-state index >= 15 is 0 Å². The number of aliphatic hydroxyl groups excluding tert-OH is 1. The smallest absolute Gasteiger partial charge is 0.137 e. The van der Waals surface area contributed by atoms with Crippen molar-refractivity contribution in [1.82, 2.24) is 9.97 Å². The molecule has 90 valence electrons. The molecule has 1 heterocycles. The summed E-state index contributed by atoms with van der Waals surface area (Å²) in [6, 6.07) is 5.69. The molecule has 1 unspecified atom stereocenters. The van der Waals surface area contributed by atoms with E-state index in [1.807, 2.05) is 25.1 Å². The quantitative estimate of drug-likeness (QED) is 0.694. The molecule has 0 saturated heterocycles. The number of benzene rings is 1. The van der Waals surface area contributed by atoms with Crippen molar-refractivity contribution < 1.29 is 5.11 Å². The minimum Gasteiger partial charge on any atom is -0.399 e. The van der Waals surface area contributed by atoms with Gasteiger partial charge in [-0.1, -0.05) is 0 Å². The Morgan fingerprint density at radius 2 is 2.24 bits per heavy atom. The summed E-state index contributed by atoms with van der Waals surface area (Å²) in [6.45, 7) is 2.15. The molecule has 0 fully saturated rings. The summed E-state index contributed by atoms with van der Waals surface area (Å²) in [7, 11) is 0. The molecule has 5 nitrogen and oxygen atoms in total. The fourth-order valence-electron chi connectivity index (χ4n) is 1.69. The van der Waals surface area contributed by atoms with Crippen LogP contribution in [0.25, 0.3) is 10.9 Å². The second-order valence-electron chi connectivity index (χ2n) is 4.06. The summed E-state index contributed by atoms with van der Waals surface area (Å²) in [5.41, 5.74) is 7.30. The normalized spacial score (nSPS) is 12.6. The maximum Gasteiger partial charge on any atom is 0.137 e. The van der Waals surface area contributed by atoms with Crippen LogP contribution in [0.15, 0.2) is 24.5 Å². The van der Waals surface area contributed by atoms with Crippen LogP contribution < -0.4 is 11.1 Å². The molecule has 0 spiro atoms. The lowest BCUT2D eigenvalue weighted by Gasteiger charge is -2.14. The van der Waals surface area contributed by atoms with E-state index in [2.05, 4.69) is 15.3 Å². The first-order chi connectivity index (χ1) is 8.20. The summed E-state index contributed by atoms with van der Waals surface area (Å²) in [6.07, 6.45) is 2.19. The Morgan fingerprint density at radius 1 is 1.41 bits per heavy atom. The van der Waals surface area contributed by atoms with Gasteiger partial charge in [0.05, 0.1) is 5.52 Å². The second-order valence-corrected chi connectivity index (χ2v) is 4.06. The lowest BCUT2D eigenvalue weighted by Crippen LogP contribution is -2.17. The van der Waals surface area contributed by atoms with Gasteiger partial charge >= 0.3 is 0 Å². The van der Waals surface area contributed by atoms with E-state index in [-0.39, 0.29) is 12.6 Å². The van der Waals surface area contributed by atoms with Crippen molar-refractivity contribution in [3.05, 3.63) is 24.5 Å². The fraction of sp³-hybridized carbons (Fsp3) is 0.333. The molecule has 0 bridgehead atoms. The van der Waals surface area contributed by atoms with Crippen LogP contribution in [0.5, 0.6) is 0 Å². The van der Waals surface area contributed by atoms with Gasteiger partial charge in [0.1, 0.15) is 12.1 Å². The number of nitrogens with one attached hydrogen (secondary N) is 1. The molecular formula is C12H16N4O. The van der Waals surface area contributed by atoms with Crippen LogP contribution in [-0.2, 0) is 0 Å². The lowest BCUT2D eigenvalue weighted by molar-refractivity contribution is 0.282. The van der Waals surface area contributed by atoms with Gasteiger partial charge in [0.25, 0.3) is 0 Å². The molecule has 1 atom stereocenters. The zero-order valence-corrected chi connectivity index (χ0v) is 9.72. The number of aromatic nitrogens is 2. The maximum atomic E-state index is 8.88. The Hall–Kier alpha value is -1.88. The first kappa shape index (κ1) is 11.6. The summed E-state index contributed by atoms with van der Waals surface area (Å²) in [5, 5.41) is 13.0. The number of nitrogens with zero attached hydrogens (tertiary/aromatic N) is 2. The van der Waals surface area contributed by atoms with Crippen molar-refractivity contribution >= 4 is 22.4 Å². The molecule has 5 heteroatoms. The number of nitrogens with two attached hydrogens (primary N) is 1. The Kier molecular flexibility index (Phi) is 3.39. The number of rotatable bonds is 4. The van der Waals surface area contributed by atoms with Crippen molar-refractivity contribution in [1.29, 1.82) is 0 Å². The highest BCUT2D eigenvalue weighted by molar-refractivity contribution is 5.91. The molecule has 0 aliphatic carbocycles. The molecular weight excluding hydrogens is 216 g/mol. The molecule has 0 saturated carbocycles. The second kappa shape index (κ2) is 4.97. The molecule has 2 rings (SSSR count). The average Bonchev–Trinajstić information content (AvgIpc) is 2.30. The predicted molar refractivity (Wildman–Crippen MR) is 68.7 cm³/mol. The monoisotopic (exact) mass is 232 g/mol. The van der Waals surface area contributed by atoms with Gasteiger partial charge in [0.15, 0.2) is 0 Å². The number of hydrogen-bond acceptors (Lipinski definition) is 5. The van der Waals surface area contributed by atoms with Crippen LogP contribution in [0.2, 0.25) is 0 Å². The topological polar surface area (TPSA) is 84.1 Å². The highest BCUT2D eigenvalue weighted by Gasteiger charge is 2.07. The van der Waals surface area contributed by atoms with Gasteiger partial charge in [0.2, 0.25) is 0 Å². The molecule has 1 aromatic heterocycles. The zero-order chi connectivity index (χ0) is 12.3. The van der Waals surface area contributed by atoms with Crippen molar-refractivity contribution in [2.24, 2.45) is 0 Å². The van der Waals surface area contributed by atoms with Crippen LogP contribution >= 0.6 is 0 Å². The first-order valence-electron chi connectivity index (χ1n) is 5.58. The average molecular weight is 232 g/mol. The highest BCUT2D eigenvalue weighted by atomic mass is 16.3. The van der Waals surface area contributed by atoms with Crippen molar-refractivity contribution in [3.8, 4) is 0 Å². The fourth-order valence-corrected chi connectivity index (χ4v) is 1.69. The van der Waals surface area contributed by atoms with Gasteiger partial charge in [-0.15, -0.1) is 0 Å². The SMILES string of the molecule is CC(CCO)Nc1ncnc2ccc(N)cc12. The van der Waals surface area contributed by atoms with Gasteiger partial charge < -0.3 is 16.2 Å². The van der Waals surface area contributed by atoms with Crippen LogP contribution in [0.4, 0.5) is 11.5 Å². The van der Waals surface area contributed by atoms with Gasteiger partial charge in [-0.25, -0.2) is 9.97 Å². The minimum absolute atomic E-state index is 0.152. The van der Waals surface area contributed by atoms with E-state index < -0.39 is 0 Å². The lowest BCUT2D eigenvalue weighted by atomic mass is 10.2. The van der Waals surface area contributed by atoms with Crippen LogP contribution in [0, 0.1) is 0 Å². The van der Waals surface area contributed by atoms with Crippen molar-refractivity contribution in [2.45, 2.75) is 19.4 Å². The Morgan fingerprint density at radius 3 is 3.00 bits per heavy atom. The number of nitrogen functional groups attached to an aromatic ring is 1. The molecule has 1 aromatic carbocycles. The Bertz CT molecular complexity index is 515. The third kappa shape index (κ3) is 2.62. The van der Waals surface area contributed by atoms with Crippen molar-refractivity contribution in [2.75, 3.05) is 17.7 Å². The Balaban J connectivity index is 2.36. The van der Waals surface area contributed by atoms with Gasteiger partial charge in [-0.05, 0) is 31.5 Å². The highest BCUT2D eigenvalue weighted by Crippen LogP contribution is 2.22. The third-order valence-corrected chi connectivity index (χ3v) is 2.60. The zero-order valence-electron chi connectivity index (χ0n) is 9.72. The summed E-state index contributed by atoms with van der Waals surface area (Å²) < 4.78 is 0. The van der Waals surface area contributed by atoms with E-state index in [1.54, 1.807) is 0 Å². The van der Waals surface area contributed by atoms with Gasteiger partial charge in [-0.3, -0.25) is 0 Å². The number of anilines is 2.